The fraction of sp³-hybridized carbons (Fsp3) is 0.0769. The molecular weight excluding hydrogens is 250 g/mol. The third kappa shape index (κ3) is 3.86. The van der Waals surface area contributed by atoms with Crippen LogP contribution in [0.3, 0.4) is 0 Å². The Morgan fingerprint density at radius 2 is 1.89 bits per heavy atom. The Balaban J connectivity index is 2.76. The molecule has 0 saturated carbocycles. The van der Waals surface area contributed by atoms with E-state index in [9.17, 15) is 0 Å². The highest BCUT2D eigenvalue weighted by Gasteiger charge is 2.01. The largest absolute Gasteiger partial charge is 0.495 e. The number of methoxy groups -OCH3 is 1. The standard InChI is InChI=1S/C13H10ClN3O/c1-18-13(10(8-15)9-16)6-7-17-12-4-2-11(14)3-5-12/h2-7,17H,1H3. The fourth-order valence-corrected chi connectivity index (χ4v) is 1.27. The lowest BCUT2D eigenvalue weighted by molar-refractivity contribution is 0.305. The van der Waals surface area contributed by atoms with E-state index in [-0.39, 0.29) is 11.3 Å². The van der Waals surface area contributed by atoms with Crippen molar-refractivity contribution < 1.29 is 4.74 Å². The van der Waals surface area contributed by atoms with Crippen LogP contribution in [0.5, 0.6) is 0 Å². The summed E-state index contributed by atoms with van der Waals surface area (Å²) in [5.41, 5.74) is 0.758. The third-order valence-corrected chi connectivity index (χ3v) is 2.27. The Kier molecular flexibility index (Phi) is 5.31. The molecule has 1 aromatic rings. The van der Waals surface area contributed by atoms with Crippen LogP contribution in [0, 0.1) is 22.7 Å². The summed E-state index contributed by atoms with van der Waals surface area (Å²) in [4.78, 5) is 0. The summed E-state index contributed by atoms with van der Waals surface area (Å²) >= 11 is 5.75. The van der Waals surface area contributed by atoms with Crippen molar-refractivity contribution in [3.05, 3.63) is 52.9 Å². The van der Waals surface area contributed by atoms with E-state index in [1.54, 1.807) is 42.6 Å². The molecule has 5 heteroatoms. The van der Waals surface area contributed by atoms with Crippen molar-refractivity contribution in [3.8, 4) is 12.1 Å². The molecule has 1 rings (SSSR count). The fourth-order valence-electron chi connectivity index (χ4n) is 1.15. The van der Waals surface area contributed by atoms with Gasteiger partial charge >= 0.3 is 0 Å². The van der Waals surface area contributed by atoms with E-state index in [2.05, 4.69) is 5.32 Å². The van der Waals surface area contributed by atoms with Gasteiger partial charge in [0, 0.05) is 16.9 Å². The zero-order valence-electron chi connectivity index (χ0n) is 9.64. The topological polar surface area (TPSA) is 68.8 Å². The predicted molar refractivity (Wildman–Crippen MR) is 69.5 cm³/mol. The zero-order valence-corrected chi connectivity index (χ0v) is 10.4. The smallest absolute Gasteiger partial charge is 0.171 e. The Labute approximate surface area is 110 Å². The first-order valence-corrected chi connectivity index (χ1v) is 5.36. The number of nitrogens with zero attached hydrogens (tertiary/aromatic N) is 2. The first-order valence-electron chi connectivity index (χ1n) is 4.98. The average molecular weight is 260 g/mol. The van der Waals surface area contributed by atoms with Crippen LogP contribution in [0.15, 0.2) is 47.9 Å². The second-order valence-corrected chi connectivity index (χ2v) is 3.59. The summed E-state index contributed by atoms with van der Waals surface area (Å²) in [5, 5.41) is 21.0. The molecule has 0 unspecified atom stereocenters. The van der Waals surface area contributed by atoms with E-state index in [0.29, 0.717) is 5.02 Å². The predicted octanol–water partition coefficient (Wildman–Crippen LogP) is 3.21. The molecule has 0 heterocycles. The molecule has 0 aliphatic carbocycles. The number of ether oxygens (including phenoxy) is 1. The molecule has 90 valence electrons. The van der Waals surface area contributed by atoms with E-state index in [0.717, 1.165) is 5.69 Å². The second kappa shape index (κ2) is 7.01. The molecule has 0 atom stereocenters. The SMILES string of the molecule is COC(C=CNc1ccc(Cl)cc1)=C(C#N)C#N. The monoisotopic (exact) mass is 259 g/mol. The van der Waals surface area contributed by atoms with E-state index in [4.69, 9.17) is 26.9 Å². The minimum Gasteiger partial charge on any atom is -0.495 e. The maximum atomic E-state index is 8.70. The van der Waals surface area contributed by atoms with Gasteiger partial charge < -0.3 is 10.1 Å². The number of halogens is 1. The van der Waals surface area contributed by atoms with Crippen LogP contribution >= 0.6 is 11.6 Å². The van der Waals surface area contributed by atoms with Gasteiger partial charge in [-0.25, -0.2) is 0 Å². The number of benzene rings is 1. The molecule has 0 fully saturated rings. The molecule has 0 aliphatic rings. The van der Waals surface area contributed by atoms with Crippen LogP contribution in [0.1, 0.15) is 0 Å². The quantitative estimate of drug-likeness (QED) is 0.512. The maximum Gasteiger partial charge on any atom is 0.171 e. The highest BCUT2D eigenvalue weighted by atomic mass is 35.5. The van der Waals surface area contributed by atoms with Crippen molar-refractivity contribution >= 4 is 17.3 Å². The van der Waals surface area contributed by atoms with Crippen molar-refractivity contribution in [2.75, 3.05) is 12.4 Å². The van der Waals surface area contributed by atoms with Crippen LogP contribution in [0.2, 0.25) is 5.02 Å². The van der Waals surface area contributed by atoms with Crippen LogP contribution in [0.25, 0.3) is 0 Å². The minimum atomic E-state index is -0.0772. The van der Waals surface area contributed by atoms with E-state index in [1.807, 2.05) is 0 Å². The lowest BCUT2D eigenvalue weighted by Crippen LogP contribution is -1.91. The normalized spacial score (nSPS) is 9.33. The van der Waals surface area contributed by atoms with Gasteiger partial charge in [-0.1, -0.05) is 11.6 Å². The van der Waals surface area contributed by atoms with Crippen LogP contribution in [0.4, 0.5) is 5.69 Å². The second-order valence-electron chi connectivity index (χ2n) is 3.15. The van der Waals surface area contributed by atoms with Crippen molar-refractivity contribution in [2.24, 2.45) is 0 Å². The maximum absolute atomic E-state index is 8.70. The van der Waals surface area contributed by atoms with Crippen molar-refractivity contribution in [2.45, 2.75) is 0 Å². The summed E-state index contributed by atoms with van der Waals surface area (Å²) in [7, 11) is 1.40. The lowest BCUT2D eigenvalue weighted by atomic mass is 10.2. The molecule has 1 aromatic carbocycles. The van der Waals surface area contributed by atoms with Gasteiger partial charge in [-0.05, 0) is 30.3 Å². The first-order chi connectivity index (χ1) is 8.71. The molecule has 0 saturated heterocycles. The van der Waals surface area contributed by atoms with Gasteiger partial charge in [0.15, 0.2) is 5.57 Å². The van der Waals surface area contributed by atoms with Gasteiger partial charge in [-0.3, -0.25) is 0 Å². The van der Waals surface area contributed by atoms with Crippen molar-refractivity contribution in [3.63, 3.8) is 0 Å². The molecule has 0 spiro atoms. The zero-order chi connectivity index (χ0) is 13.4. The van der Waals surface area contributed by atoms with Crippen LogP contribution < -0.4 is 5.32 Å². The number of hydrogen-bond acceptors (Lipinski definition) is 4. The Hall–Kier alpha value is -2.43. The molecule has 4 nitrogen and oxygen atoms in total. The van der Waals surface area contributed by atoms with E-state index in [1.165, 1.54) is 13.2 Å². The Bertz CT molecular complexity index is 531. The van der Waals surface area contributed by atoms with Gasteiger partial charge in [-0.2, -0.15) is 10.5 Å². The molecule has 1 N–H and O–H groups in total. The molecule has 0 bridgehead atoms. The first kappa shape index (κ1) is 13.6. The number of allylic oxidation sites excluding steroid dienone is 2. The molecule has 0 aliphatic heterocycles. The summed E-state index contributed by atoms with van der Waals surface area (Å²) in [6, 6.07) is 10.6. The van der Waals surface area contributed by atoms with Gasteiger partial charge in [-0.15, -0.1) is 0 Å². The molecule has 0 aromatic heterocycles. The summed E-state index contributed by atoms with van der Waals surface area (Å²) in [6.07, 6.45) is 3.09. The van der Waals surface area contributed by atoms with Crippen molar-refractivity contribution in [1.82, 2.24) is 0 Å². The van der Waals surface area contributed by atoms with Gasteiger partial charge in [0.2, 0.25) is 0 Å². The molecular formula is C13H10ClN3O. The van der Waals surface area contributed by atoms with Crippen LogP contribution in [-0.4, -0.2) is 7.11 Å². The average Bonchev–Trinajstić information content (AvgIpc) is 2.40. The van der Waals surface area contributed by atoms with E-state index >= 15 is 0 Å². The Morgan fingerprint density at radius 1 is 1.28 bits per heavy atom. The number of anilines is 1. The number of hydrogen-bond donors (Lipinski definition) is 1. The van der Waals surface area contributed by atoms with Crippen molar-refractivity contribution in [1.29, 1.82) is 10.5 Å². The van der Waals surface area contributed by atoms with Gasteiger partial charge in [0.1, 0.15) is 17.9 Å². The summed E-state index contributed by atoms with van der Waals surface area (Å²) in [6.45, 7) is 0. The summed E-state index contributed by atoms with van der Waals surface area (Å²) in [5.74, 6) is 0.210. The lowest BCUT2D eigenvalue weighted by Gasteiger charge is -2.02. The molecule has 18 heavy (non-hydrogen) atoms. The van der Waals surface area contributed by atoms with Gasteiger partial charge in [0.25, 0.3) is 0 Å². The van der Waals surface area contributed by atoms with Crippen LogP contribution in [-0.2, 0) is 4.74 Å². The van der Waals surface area contributed by atoms with E-state index < -0.39 is 0 Å². The number of nitriles is 2. The van der Waals surface area contributed by atoms with Gasteiger partial charge in [0.05, 0.1) is 7.11 Å². The molecule has 0 amide bonds. The number of nitrogens with one attached hydrogen (secondary N) is 1. The highest BCUT2D eigenvalue weighted by molar-refractivity contribution is 6.30. The number of rotatable bonds is 4. The summed E-state index contributed by atoms with van der Waals surface area (Å²) < 4.78 is 4.94. The third-order valence-electron chi connectivity index (χ3n) is 2.02. The minimum absolute atomic E-state index is 0.0772. The Morgan fingerprint density at radius 3 is 2.39 bits per heavy atom. The molecule has 0 radical (unpaired) electrons. The highest BCUT2D eigenvalue weighted by Crippen LogP contribution is 2.13.